The molecule has 1 aromatic heterocycles. The summed E-state index contributed by atoms with van der Waals surface area (Å²) < 4.78 is 50.0. The molecule has 1 saturated heterocycles. The SMILES string of the molecule is COc1ccccc1-c1noc(CN2CCN(S(=O)(=O)c3ccc4c(c3)OCCCO4)CC2)n1. The van der Waals surface area contributed by atoms with E-state index < -0.39 is 10.0 Å². The Kier molecular flexibility index (Phi) is 6.40. The highest BCUT2D eigenvalue weighted by Crippen LogP contribution is 2.33. The van der Waals surface area contributed by atoms with E-state index in [1.165, 1.54) is 4.31 Å². The van der Waals surface area contributed by atoms with Crippen LogP contribution in [0.4, 0.5) is 0 Å². The molecule has 34 heavy (non-hydrogen) atoms. The fourth-order valence-corrected chi connectivity index (χ4v) is 5.47. The Morgan fingerprint density at radius 1 is 1.00 bits per heavy atom. The van der Waals surface area contributed by atoms with Crippen molar-refractivity contribution in [2.24, 2.45) is 0 Å². The smallest absolute Gasteiger partial charge is 0.243 e. The average Bonchev–Trinajstić information content (AvgIpc) is 3.19. The molecular formula is C23H26N4O6S. The lowest BCUT2D eigenvalue weighted by Crippen LogP contribution is -2.48. The van der Waals surface area contributed by atoms with Crippen molar-refractivity contribution in [1.82, 2.24) is 19.3 Å². The van der Waals surface area contributed by atoms with Crippen LogP contribution in [0.3, 0.4) is 0 Å². The highest BCUT2D eigenvalue weighted by molar-refractivity contribution is 7.89. The van der Waals surface area contributed by atoms with E-state index in [0.29, 0.717) is 74.9 Å². The Labute approximate surface area is 198 Å². The van der Waals surface area contributed by atoms with E-state index in [1.807, 2.05) is 24.3 Å². The molecule has 11 heteroatoms. The van der Waals surface area contributed by atoms with E-state index in [2.05, 4.69) is 15.0 Å². The second kappa shape index (κ2) is 9.61. The van der Waals surface area contributed by atoms with Crippen molar-refractivity contribution in [2.75, 3.05) is 46.5 Å². The molecule has 10 nitrogen and oxygen atoms in total. The normalized spacial score (nSPS) is 17.3. The lowest BCUT2D eigenvalue weighted by molar-refractivity contribution is 0.163. The molecular weight excluding hydrogens is 460 g/mol. The van der Waals surface area contributed by atoms with Crippen molar-refractivity contribution in [3.63, 3.8) is 0 Å². The molecule has 0 amide bonds. The summed E-state index contributed by atoms with van der Waals surface area (Å²) in [6, 6.07) is 12.3. The number of para-hydroxylation sites is 1. The molecule has 0 unspecified atom stereocenters. The summed E-state index contributed by atoms with van der Waals surface area (Å²) in [5, 5.41) is 4.08. The van der Waals surface area contributed by atoms with Gasteiger partial charge in [0.1, 0.15) is 5.75 Å². The van der Waals surface area contributed by atoms with Gasteiger partial charge in [0.2, 0.25) is 21.7 Å². The van der Waals surface area contributed by atoms with E-state index in [0.717, 1.165) is 12.0 Å². The van der Waals surface area contributed by atoms with Gasteiger partial charge in [-0.05, 0) is 24.3 Å². The summed E-state index contributed by atoms with van der Waals surface area (Å²) in [4.78, 5) is 6.80. The summed E-state index contributed by atoms with van der Waals surface area (Å²) in [5.74, 6) is 2.65. The highest BCUT2D eigenvalue weighted by atomic mass is 32.2. The zero-order valence-corrected chi connectivity index (χ0v) is 19.7. The van der Waals surface area contributed by atoms with Crippen molar-refractivity contribution in [2.45, 2.75) is 17.9 Å². The van der Waals surface area contributed by atoms with Gasteiger partial charge in [0.05, 0.1) is 37.3 Å². The topological polar surface area (TPSA) is 107 Å². The number of hydrogen-bond acceptors (Lipinski definition) is 9. The van der Waals surface area contributed by atoms with Crippen LogP contribution in [0.1, 0.15) is 12.3 Å². The van der Waals surface area contributed by atoms with Gasteiger partial charge >= 0.3 is 0 Å². The molecule has 3 aromatic rings. The molecule has 0 spiro atoms. The third-order valence-electron chi connectivity index (χ3n) is 5.86. The van der Waals surface area contributed by atoms with Crippen LogP contribution in [0, 0.1) is 0 Å². The van der Waals surface area contributed by atoms with E-state index in [-0.39, 0.29) is 4.90 Å². The van der Waals surface area contributed by atoms with Crippen molar-refractivity contribution >= 4 is 10.0 Å². The van der Waals surface area contributed by atoms with Gasteiger partial charge in [0, 0.05) is 38.7 Å². The molecule has 1 fully saturated rings. The van der Waals surface area contributed by atoms with Gasteiger partial charge in [-0.3, -0.25) is 4.90 Å². The Morgan fingerprint density at radius 3 is 2.56 bits per heavy atom. The predicted octanol–water partition coefficient (Wildman–Crippen LogP) is 2.41. The number of piperazine rings is 1. The predicted molar refractivity (Wildman–Crippen MR) is 122 cm³/mol. The molecule has 180 valence electrons. The number of fused-ring (bicyclic) bond motifs is 1. The summed E-state index contributed by atoms with van der Waals surface area (Å²) in [6.45, 7) is 3.34. The Bertz CT molecular complexity index is 1250. The standard InChI is InChI=1S/C23H26N4O6S/c1-30-19-6-3-2-5-18(19)23-24-22(33-25-23)16-26-9-11-27(12-10-26)34(28,29)17-7-8-20-21(15-17)32-14-4-13-31-20/h2-3,5-8,15H,4,9-14,16H2,1H3. The number of nitrogens with zero attached hydrogens (tertiary/aromatic N) is 4. The zero-order valence-electron chi connectivity index (χ0n) is 18.8. The van der Waals surface area contributed by atoms with Crippen molar-refractivity contribution < 1.29 is 27.2 Å². The van der Waals surface area contributed by atoms with Gasteiger partial charge < -0.3 is 18.7 Å². The maximum atomic E-state index is 13.2. The van der Waals surface area contributed by atoms with Gasteiger partial charge in [0.25, 0.3) is 0 Å². The molecule has 5 rings (SSSR count). The number of rotatable bonds is 6. The number of aromatic nitrogens is 2. The Hall–Kier alpha value is -3.15. The minimum atomic E-state index is -3.64. The average molecular weight is 487 g/mol. The van der Waals surface area contributed by atoms with E-state index in [1.54, 1.807) is 25.3 Å². The molecule has 2 aromatic carbocycles. The van der Waals surface area contributed by atoms with Crippen LogP contribution < -0.4 is 14.2 Å². The summed E-state index contributed by atoms with van der Waals surface area (Å²) in [6.07, 6.45) is 0.763. The van der Waals surface area contributed by atoms with Crippen LogP contribution in [0.2, 0.25) is 0 Å². The van der Waals surface area contributed by atoms with Crippen molar-refractivity contribution in [3.05, 3.63) is 48.4 Å². The van der Waals surface area contributed by atoms with Crippen LogP contribution in [0.5, 0.6) is 17.2 Å². The van der Waals surface area contributed by atoms with Gasteiger partial charge in [-0.25, -0.2) is 8.42 Å². The van der Waals surface area contributed by atoms with E-state index >= 15 is 0 Å². The first-order valence-electron chi connectivity index (χ1n) is 11.1. The van der Waals surface area contributed by atoms with Crippen LogP contribution >= 0.6 is 0 Å². The third kappa shape index (κ3) is 4.59. The molecule has 2 aliphatic heterocycles. The first kappa shape index (κ1) is 22.6. The lowest BCUT2D eigenvalue weighted by atomic mass is 10.2. The van der Waals surface area contributed by atoms with Gasteiger partial charge in [-0.2, -0.15) is 9.29 Å². The van der Waals surface area contributed by atoms with E-state index in [9.17, 15) is 8.42 Å². The van der Waals surface area contributed by atoms with Gasteiger partial charge in [-0.1, -0.05) is 17.3 Å². The number of sulfonamides is 1. The highest BCUT2D eigenvalue weighted by Gasteiger charge is 2.30. The molecule has 2 aliphatic rings. The third-order valence-corrected chi connectivity index (χ3v) is 7.76. The van der Waals surface area contributed by atoms with Crippen LogP contribution in [-0.2, 0) is 16.6 Å². The first-order chi connectivity index (χ1) is 16.5. The van der Waals surface area contributed by atoms with Crippen LogP contribution in [0.15, 0.2) is 51.9 Å². The minimum absolute atomic E-state index is 0.212. The first-order valence-corrected chi connectivity index (χ1v) is 12.6. The van der Waals surface area contributed by atoms with Gasteiger partial charge in [-0.15, -0.1) is 0 Å². The van der Waals surface area contributed by atoms with Gasteiger partial charge in [0.15, 0.2) is 11.5 Å². The quantitative estimate of drug-likeness (QED) is 0.519. The van der Waals surface area contributed by atoms with Crippen LogP contribution in [0.25, 0.3) is 11.4 Å². The van der Waals surface area contributed by atoms with Crippen LogP contribution in [-0.4, -0.2) is 74.3 Å². The lowest BCUT2D eigenvalue weighted by Gasteiger charge is -2.33. The fraction of sp³-hybridized carbons (Fsp3) is 0.391. The maximum Gasteiger partial charge on any atom is 0.243 e. The second-order valence-electron chi connectivity index (χ2n) is 8.05. The second-order valence-corrected chi connectivity index (χ2v) is 9.99. The monoisotopic (exact) mass is 486 g/mol. The Morgan fingerprint density at radius 2 is 1.76 bits per heavy atom. The molecule has 0 atom stereocenters. The molecule has 0 saturated carbocycles. The van der Waals surface area contributed by atoms with E-state index in [4.69, 9.17) is 18.7 Å². The molecule has 0 aliphatic carbocycles. The zero-order chi connectivity index (χ0) is 23.5. The number of hydrogen-bond donors (Lipinski definition) is 0. The minimum Gasteiger partial charge on any atom is -0.496 e. The summed E-state index contributed by atoms with van der Waals surface area (Å²) >= 11 is 0. The summed E-state index contributed by atoms with van der Waals surface area (Å²) in [5.41, 5.74) is 0.756. The number of ether oxygens (including phenoxy) is 3. The molecule has 3 heterocycles. The fourth-order valence-electron chi connectivity index (χ4n) is 4.03. The van der Waals surface area contributed by atoms with Crippen molar-refractivity contribution in [3.8, 4) is 28.6 Å². The Balaban J connectivity index is 1.22. The van der Waals surface area contributed by atoms with Crippen molar-refractivity contribution in [1.29, 1.82) is 0 Å². The summed E-state index contributed by atoms with van der Waals surface area (Å²) in [7, 11) is -2.04. The number of benzene rings is 2. The molecule has 0 N–H and O–H groups in total. The molecule has 0 radical (unpaired) electrons. The molecule has 0 bridgehead atoms. The number of methoxy groups -OCH3 is 1. The largest absolute Gasteiger partial charge is 0.496 e. The maximum absolute atomic E-state index is 13.2.